The highest BCUT2D eigenvalue weighted by atomic mass is 16.3. The highest BCUT2D eigenvalue weighted by Gasteiger charge is 2.37. The van der Waals surface area contributed by atoms with Crippen LogP contribution in [0.5, 0.6) is 0 Å². The van der Waals surface area contributed by atoms with Gasteiger partial charge in [0.15, 0.2) is 0 Å². The van der Waals surface area contributed by atoms with Gasteiger partial charge < -0.3 is 14.9 Å². The molecule has 1 unspecified atom stereocenters. The van der Waals surface area contributed by atoms with Crippen molar-refractivity contribution in [1.82, 2.24) is 9.80 Å². The fraction of sp³-hybridized carbons (Fsp3) is 0.579. The zero-order valence-corrected chi connectivity index (χ0v) is 14.3. The van der Waals surface area contributed by atoms with Crippen molar-refractivity contribution in [3.63, 3.8) is 0 Å². The summed E-state index contributed by atoms with van der Waals surface area (Å²) in [6, 6.07) is 9.24. The fourth-order valence-corrected chi connectivity index (χ4v) is 3.59. The molecule has 1 aromatic rings. The van der Waals surface area contributed by atoms with E-state index < -0.39 is 0 Å². The zero-order chi connectivity index (χ0) is 17.2. The van der Waals surface area contributed by atoms with Gasteiger partial charge in [0.2, 0.25) is 5.91 Å². The molecule has 0 spiro atoms. The van der Waals surface area contributed by atoms with E-state index in [1.807, 2.05) is 35.2 Å². The van der Waals surface area contributed by atoms with Crippen LogP contribution in [-0.4, -0.2) is 59.5 Å². The van der Waals surface area contributed by atoms with Gasteiger partial charge in [-0.1, -0.05) is 25.1 Å². The van der Waals surface area contributed by atoms with Gasteiger partial charge in [0, 0.05) is 38.3 Å². The van der Waals surface area contributed by atoms with Crippen LogP contribution in [0.25, 0.3) is 0 Å². The molecule has 1 aromatic carbocycles. The Kier molecular flexibility index (Phi) is 4.90. The maximum atomic E-state index is 12.7. The Morgan fingerprint density at radius 3 is 2.42 bits per heavy atom. The van der Waals surface area contributed by atoms with Crippen LogP contribution in [0.4, 0.5) is 0 Å². The monoisotopic (exact) mass is 330 g/mol. The summed E-state index contributed by atoms with van der Waals surface area (Å²) in [5, 5.41) is 9.44. The molecule has 2 fully saturated rings. The van der Waals surface area contributed by atoms with Crippen LogP contribution < -0.4 is 0 Å². The average Bonchev–Trinajstić information content (AvgIpc) is 3.12. The molecule has 0 saturated carbocycles. The first-order valence-corrected chi connectivity index (χ1v) is 8.76. The predicted molar refractivity (Wildman–Crippen MR) is 91.5 cm³/mol. The topological polar surface area (TPSA) is 60.9 Å². The lowest BCUT2D eigenvalue weighted by Crippen LogP contribution is -2.46. The minimum absolute atomic E-state index is 0.0115. The smallest absolute Gasteiger partial charge is 0.253 e. The zero-order valence-electron chi connectivity index (χ0n) is 14.3. The number of carbonyl (C=O) groups is 2. The number of rotatable bonds is 3. The molecule has 2 heterocycles. The van der Waals surface area contributed by atoms with E-state index in [9.17, 15) is 14.7 Å². The summed E-state index contributed by atoms with van der Waals surface area (Å²) < 4.78 is 0. The fourth-order valence-electron chi connectivity index (χ4n) is 3.59. The van der Waals surface area contributed by atoms with Crippen molar-refractivity contribution in [1.29, 1.82) is 0 Å². The summed E-state index contributed by atoms with van der Waals surface area (Å²) in [5.74, 6) is 0.0897. The first kappa shape index (κ1) is 17.0. The molecule has 130 valence electrons. The van der Waals surface area contributed by atoms with Crippen molar-refractivity contribution in [2.24, 2.45) is 11.3 Å². The first-order chi connectivity index (χ1) is 11.5. The minimum Gasteiger partial charge on any atom is -0.396 e. The van der Waals surface area contributed by atoms with E-state index in [-0.39, 0.29) is 29.8 Å². The Labute approximate surface area is 143 Å². The summed E-state index contributed by atoms with van der Waals surface area (Å²) >= 11 is 0. The second kappa shape index (κ2) is 6.93. The lowest BCUT2D eigenvalue weighted by Gasteiger charge is -2.39. The molecule has 0 bridgehead atoms. The van der Waals surface area contributed by atoms with E-state index in [2.05, 4.69) is 6.92 Å². The number of carbonyl (C=O) groups excluding carboxylic acids is 2. The van der Waals surface area contributed by atoms with Crippen molar-refractivity contribution < 1.29 is 14.7 Å². The van der Waals surface area contributed by atoms with Gasteiger partial charge in [-0.15, -0.1) is 0 Å². The van der Waals surface area contributed by atoms with Crippen molar-refractivity contribution >= 4 is 11.8 Å². The van der Waals surface area contributed by atoms with Gasteiger partial charge in [-0.25, -0.2) is 0 Å². The molecular weight excluding hydrogens is 304 g/mol. The van der Waals surface area contributed by atoms with E-state index >= 15 is 0 Å². The Hall–Kier alpha value is -1.88. The Morgan fingerprint density at radius 2 is 1.79 bits per heavy atom. The molecule has 0 aliphatic carbocycles. The second-order valence-electron chi connectivity index (χ2n) is 7.40. The molecule has 0 aromatic heterocycles. The highest BCUT2D eigenvalue weighted by molar-refractivity contribution is 5.95. The lowest BCUT2D eigenvalue weighted by atomic mass is 9.81. The van der Waals surface area contributed by atoms with Crippen molar-refractivity contribution in [2.75, 3.05) is 32.8 Å². The number of likely N-dealkylation sites (tertiary alicyclic amines) is 2. The number of amides is 2. The van der Waals surface area contributed by atoms with Gasteiger partial charge in [-0.2, -0.15) is 0 Å². The molecule has 0 radical (unpaired) electrons. The van der Waals surface area contributed by atoms with E-state index in [4.69, 9.17) is 0 Å². The van der Waals surface area contributed by atoms with Gasteiger partial charge in [0.25, 0.3) is 5.91 Å². The minimum atomic E-state index is -0.0869. The van der Waals surface area contributed by atoms with Gasteiger partial charge in [0.05, 0.1) is 5.92 Å². The molecule has 24 heavy (non-hydrogen) atoms. The number of benzene rings is 1. The van der Waals surface area contributed by atoms with Crippen LogP contribution in [0.1, 0.15) is 36.5 Å². The molecule has 2 aliphatic rings. The molecular formula is C19H26N2O3. The van der Waals surface area contributed by atoms with E-state index in [1.54, 1.807) is 4.90 Å². The number of piperidine rings is 1. The number of nitrogens with zero attached hydrogens (tertiary/aromatic N) is 2. The van der Waals surface area contributed by atoms with E-state index in [0.29, 0.717) is 31.7 Å². The largest absolute Gasteiger partial charge is 0.396 e. The maximum Gasteiger partial charge on any atom is 0.253 e. The van der Waals surface area contributed by atoms with Crippen molar-refractivity contribution in [3.8, 4) is 0 Å². The molecule has 1 atom stereocenters. The Balaban J connectivity index is 1.56. The van der Waals surface area contributed by atoms with E-state index in [1.165, 1.54) is 0 Å². The SMILES string of the molecule is CC1(CO)CCN(C(=O)C2CCN(C(=O)c3ccccc3)C2)CC1. The van der Waals surface area contributed by atoms with Crippen LogP contribution >= 0.6 is 0 Å². The maximum absolute atomic E-state index is 12.7. The van der Waals surface area contributed by atoms with Gasteiger partial charge in [-0.3, -0.25) is 9.59 Å². The number of aliphatic hydroxyl groups excluding tert-OH is 1. The Bertz CT molecular complexity index is 594. The molecule has 2 amide bonds. The second-order valence-corrected chi connectivity index (χ2v) is 7.40. The first-order valence-electron chi connectivity index (χ1n) is 8.76. The van der Waals surface area contributed by atoms with Gasteiger partial charge in [-0.05, 0) is 36.8 Å². The lowest BCUT2D eigenvalue weighted by molar-refractivity contribution is -0.137. The van der Waals surface area contributed by atoms with Crippen LogP contribution in [0.2, 0.25) is 0 Å². The third-order valence-corrected chi connectivity index (χ3v) is 5.51. The molecule has 5 nitrogen and oxygen atoms in total. The van der Waals surface area contributed by atoms with Crippen LogP contribution in [0.15, 0.2) is 30.3 Å². The number of aliphatic hydroxyl groups is 1. The van der Waals surface area contributed by atoms with Crippen molar-refractivity contribution in [3.05, 3.63) is 35.9 Å². The van der Waals surface area contributed by atoms with Gasteiger partial charge >= 0.3 is 0 Å². The average molecular weight is 330 g/mol. The normalized spacial score (nSPS) is 23.3. The highest BCUT2D eigenvalue weighted by Crippen LogP contribution is 2.31. The number of hydrogen-bond donors (Lipinski definition) is 1. The Morgan fingerprint density at radius 1 is 1.12 bits per heavy atom. The number of hydrogen-bond acceptors (Lipinski definition) is 3. The van der Waals surface area contributed by atoms with Crippen LogP contribution in [-0.2, 0) is 4.79 Å². The van der Waals surface area contributed by atoms with Gasteiger partial charge in [0.1, 0.15) is 0 Å². The van der Waals surface area contributed by atoms with Crippen molar-refractivity contribution in [2.45, 2.75) is 26.2 Å². The van der Waals surface area contributed by atoms with E-state index in [0.717, 1.165) is 19.3 Å². The summed E-state index contributed by atoms with van der Waals surface area (Å²) in [7, 11) is 0. The summed E-state index contributed by atoms with van der Waals surface area (Å²) in [4.78, 5) is 28.9. The van der Waals surface area contributed by atoms with Crippen LogP contribution in [0, 0.1) is 11.3 Å². The molecule has 1 N–H and O–H groups in total. The molecule has 2 aliphatic heterocycles. The predicted octanol–water partition coefficient (Wildman–Crippen LogP) is 1.77. The molecule has 5 heteroatoms. The molecule has 2 saturated heterocycles. The standard InChI is InChI=1S/C19H26N2O3/c1-19(14-22)8-11-20(12-9-19)18(24)16-7-10-21(13-16)17(23)15-5-3-2-4-6-15/h2-6,16,22H,7-14H2,1H3. The quantitative estimate of drug-likeness (QED) is 0.919. The third-order valence-electron chi connectivity index (χ3n) is 5.51. The third kappa shape index (κ3) is 3.46. The molecule has 3 rings (SSSR count). The van der Waals surface area contributed by atoms with Crippen LogP contribution in [0.3, 0.4) is 0 Å². The summed E-state index contributed by atoms with van der Waals surface area (Å²) in [6.45, 7) is 4.83. The summed E-state index contributed by atoms with van der Waals surface area (Å²) in [5.41, 5.74) is 0.629. The summed E-state index contributed by atoms with van der Waals surface area (Å²) in [6.07, 6.45) is 2.43.